The molecule has 2 rings (SSSR count). The number of rotatable bonds is 3. The number of hydrogen-bond donors (Lipinski definition) is 3. The van der Waals surface area contributed by atoms with Crippen LogP contribution < -0.4 is 4.90 Å². The Labute approximate surface area is 107 Å². The highest BCUT2D eigenvalue weighted by Gasteiger charge is 2.26. The number of aliphatic hydroxyl groups excluding tert-OH is 2. The zero-order valence-electron chi connectivity index (χ0n) is 10.9. The molecule has 1 heterocycles. The Kier molecular flexibility index (Phi) is 3.78. The lowest BCUT2D eigenvalue weighted by atomic mass is 10.0. The summed E-state index contributed by atoms with van der Waals surface area (Å²) in [7, 11) is 0. The molecule has 1 saturated heterocycles. The molecule has 3 atom stereocenters. The van der Waals surface area contributed by atoms with Crippen molar-refractivity contribution < 1.29 is 15.3 Å². The van der Waals surface area contributed by atoms with Crippen molar-refractivity contribution >= 4 is 5.69 Å². The van der Waals surface area contributed by atoms with Crippen molar-refractivity contribution in [3.63, 3.8) is 0 Å². The Balaban J connectivity index is 2.13. The maximum absolute atomic E-state index is 9.86. The molecule has 0 spiro atoms. The minimum atomic E-state index is -0.664. The number of anilines is 1. The van der Waals surface area contributed by atoms with E-state index in [4.69, 9.17) is 0 Å². The van der Waals surface area contributed by atoms with Gasteiger partial charge in [-0.25, -0.2) is 0 Å². The molecule has 18 heavy (non-hydrogen) atoms. The topological polar surface area (TPSA) is 63.9 Å². The molecule has 3 N–H and O–H groups in total. The molecule has 100 valence electrons. The van der Waals surface area contributed by atoms with Gasteiger partial charge in [0.15, 0.2) is 0 Å². The van der Waals surface area contributed by atoms with Crippen molar-refractivity contribution in [1.82, 2.24) is 0 Å². The van der Waals surface area contributed by atoms with Crippen LogP contribution in [0.3, 0.4) is 0 Å². The number of phenolic OH excluding ortho intramolecular Hbond substituents is 1. The summed E-state index contributed by atoms with van der Waals surface area (Å²) in [6, 6.07) is 5.35. The summed E-state index contributed by atoms with van der Waals surface area (Å²) in [5.41, 5.74) is 1.49. The van der Waals surface area contributed by atoms with Gasteiger partial charge in [0.25, 0.3) is 0 Å². The predicted molar refractivity (Wildman–Crippen MR) is 70.7 cm³/mol. The van der Waals surface area contributed by atoms with Gasteiger partial charge in [-0.2, -0.15) is 0 Å². The monoisotopic (exact) mass is 251 g/mol. The van der Waals surface area contributed by atoms with E-state index in [1.54, 1.807) is 19.1 Å². The normalized spacial score (nSPS) is 23.1. The second kappa shape index (κ2) is 5.16. The zero-order valence-corrected chi connectivity index (χ0v) is 10.9. The van der Waals surface area contributed by atoms with Gasteiger partial charge in [-0.3, -0.25) is 0 Å². The molecule has 3 unspecified atom stereocenters. The van der Waals surface area contributed by atoms with Crippen LogP contribution in [0.15, 0.2) is 18.2 Å². The molecule has 4 heteroatoms. The smallest absolute Gasteiger partial charge is 0.123 e. The average Bonchev–Trinajstić information content (AvgIpc) is 2.77. The van der Waals surface area contributed by atoms with Crippen molar-refractivity contribution in [3.8, 4) is 5.75 Å². The number of aliphatic hydroxyl groups is 2. The maximum Gasteiger partial charge on any atom is 0.123 e. The molecule has 0 aromatic heterocycles. The fraction of sp³-hybridized carbons (Fsp3) is 0.571. The molecular weight excluding hydrogens is 230 g/mol. The number of aromatic hydroxyl groups is 1. The molecule has 1 aromatic rings. The first-order chi connectivity index (χ1) is 8.49. The Bertz CT molecular complexity index is 418. The van der Waals surface area contributed by atoms with Gasteiger partial charge in [-0.15, -0.1) is 0 Å². The molecule has 0 saturated carbocycles. The summed E-state index contributed by atoms with van der Waals surface area (Å²) in [5, 5.41) is 28.9. The Hall–Kier alpha value is -1.26. The third-order valence-electron chi connectivity index (χ3n) is 3.74. The van der Waals surface area contributed by atoms with Gasteiger partial charge in [0.05, 0.1) is 12.2 Å². The summed E-state index contributed by atoms with van der Waals surface area (Å²) in [6.07, 6.45) is 0.0134. The summed E-state index contributed by atoms with van der Waals surface area (Å²) < 4.78 is 0. The number of nitrogens with zero attached hydrogens (tertiary/aromatic N) is 1. The van der Waals surface area contributed by atoms with Gasteiger partial charge >= 0.3 is 0 Å². The number of hydrogen-bond acceptors (Lipinski definition) is 4. The molecule has 1 fully saturated rings. The van der Waals surface area contributed by atoms with Crippen LogP contribution in [0, 0.1) is 5.92 Å². The van der Waals surface area contributed by atoms with Crippen LogP contribution >= 0.6 is 0 Å². The highest BCUT2D eigenvalue weighted by Crippen LogP contribution is 2.32. The third kappa shape index (κ3) is 2.60. The van der Waals surface area contributed by atoms with Crippen LogP contribution in [0.4, 0.5) is 5.69 Å². The van der Waals surface area contributed by atoms with Gasteiger partial charge in [0.2, 0.25) is 0 Å². The quantitative estimate of drug-likeness (QED) is 0.764. The summed E-state index contributed by atoms with van der Waals surface area (Å²) >= 11 is 0. The molecular formula is C14H21NO3. The average molecular weight is 251 g/mol. The van der Waals surface area contributed by atoms with Gasteiger partial charge < -0.3 is 20.2 Å². The van der Waals surface area contributed by atoms with Gasteiger partial charge in [-0.05, 0) is 26.3 Å². The number of phenols is 1. The zero-order chi connectivity index (χ0) is 13.3. The van der Waals surface area contributed by atoms with Crippen LogP contribution in [0.1, 0.15) is 31.9 Å². The van der Waals surface area contributed by atoms with Crippen molar-refractivity contribution in [3.05, 3.63) is 23.8 Å². The van der Waals surface area contributed by atoms with Crippen molar-refractivity contribution in [1.29, 1.82) is 0 Å². The van der Waals surface area contributed by atoms with Crippen LogP contribution in [0.5, 0.6) is 5.75 Å². The van der Waals surface area contributed by atoms with Crippen molar-refractivity contribution in [2.24, 2.45) is 5.92 Å². The molecule has 0 bridgehead atoms. The molecule has 4 nitrogen and oxygen atoms in total. The largest absolute Gasteiger partial charge is 0.507 e. The molecule has 1 aliphatic rings. The van der Waals surface area contributed by atoms with E-state index in [0.29, 0.717) is 11.5 Å². The van der Waals surface area contributed by atoms with E-state index in [1.165, 1.54) is 0 Å². The Morgan fingerprint density at radius 2 is 2.00 bits per heavy atom. The number of benzene rings is 1. The predicted octanol–water partition coefficient (Wildman–Crippen LogP) is 1.65. The fourth-order valence-electron chi connectivity index (χ4n) is 2.50. The van der Waals surface area contributed by atoms with E-state index in [2.05, 4.69) is 4.90 Å². The first-order valence-corrected chi connectivity index (χ1v) is 6.43. The maximum atomic E-state index is 9.86. The second-order valence-electron chi connectivity index (χ2n) is 5.15. The Morgan fingerprint density at radius 1 is 1.28 bits per heavy atom. The van der Waals surface area contributed by atoms with Crippen molar-refractivity contribution in [2.45, 2.75) is 32.5 Å². The highest BCUT2D eigenvalue weighted by atomic mass is 16.3. The molecule has 0 amide bonds. The van der Waals surface area contributed by atoms with E-state index in [-0.39, 0.29) is 11.9 Å². The van der Waals surface area contributed by atoms with Crippen LogP contribution in [-0.2, 0) is 0 Å². The first kappa shape index (κ1) is 13.2. The third-order valence-corrected chi connectivity index (χ3v) is 3.74. The fourth-order valence-corrected chi connectivity index (χ4v) is 2.50. The van der Waals surface area contributed by atoms with E-state index < -0.39 is 6.10 Å². The molecule has 0 aliphatic carbocycles. The van der Waals surface area contributed by atoms with E-state index >= 15 is 0 Å². The van der Waals surface area contributed by atoms with E-state index in [9.17, 15) is 15.3 Å². The summed E-state index contributed by atoms with van der Waals surface area (Å²) in [4.78, 5) is 2.16. The van der Waals surface area contributed by atoms with Gasteiger partial charge in [0, 0.05) is 36.3 Å². The van der Waals surface area contributed by atoms with Crippen LogP contribution in [0.2, 0.25) is 0 Å². The summed E-state index contributed by atoms with van der Waals surface area (Å²) in [5.74, 6) is 0.423. The highest BCUT2D eigenvalue weighted by molar-refractivity contribution is 5.54. The second-order valence-corrected chi connectivity index (χ2v) is 5.15. The molecule has 1 aromatic carbocycles. The minimum Gasteiger partial charge on any atom is -0.507 e. The molecule has 1 aliphatic heterocycles. The van der Waals surface area contributed by atoms with Crippen LogP contribution in [-0.4, -0.2) is 34.5 Å². The standard InChI is InChI=1S/C14H21NO3/c1-9(16)11-5-6-15(8-11)12-3-4-13(10(2)17)14(18)7-12/h3-4,7,9-11,16-18H,5-6,8H2,1-2H3. The summed E-state index contributed by atoms with van der Waals surface area (Å²) in [6.45, 7) is 5.16. The minimum absolute atomic E-state index is 0.128. The van der Waals surface area contributed by atoms with E-state index in [0.717, 1.165) is 25.2 Å². The lowest BCUT2D eigenvalue weighted by molar-refractivity contribution is 0.136. The Morgan fingerprint density at radius 3 is 2.50 bits per heavy atom. The SMILES string of the molecule is CC(O)c1ccc(N2CCC(C(C)O)C2)cc1O. The first-order valence-electron chi connectivity index (χ1n) is 6.43. The van der Waals surface area contributed by atoms with Gasteiger partial charge in [-0.1, -0.05) is 6.07 Å². The van der Waals surface area contributed by atoms with Crippen molar-refractivity contribution in [2.75, 3.05) is 18.0 Å². The lowest BCUT2D eigenvalue weighted by Crippen LogP contribution is -2.23. The van der Waals surface area contributed by atoms with Gasteiger partial charge in [0.1, 0.15) is 5.75 Å². The van der Waals surface area contributed by atoms with Crippen LogP contribution in [0.25, 0.3) is 0 Å². The van der Waals surface area contributed by atoms with E-state index in [1.807, 2.05) is 13.0 Å². The lowest BCUT2D eigenvalue weighted by Gasteiger charge is -2.21. The molecule has 0 radical (unpaired) electrons.